The molecule has 2 aromatic rings. The van der Waals surface area contributed by atoms with Gasteiger partial charge in [0.25, 0.3) is 0 Å². The quantitative estimate of drug-likeness (QED) is 0.818. The van der Waals surface area contributed by atoms with Gasteiger partial charge < -0.3 is 10.0 Å². The first-order valence-corrected chi connectivity index (χ1v) is 6.26. The van der Waals surface area contributed by atoms with Gasteiger partial charge in [-0.05, 0) is 19.8 Å². The Morgan fingerprint density at radius 3 is 2.83 bits per heavy atom. The minimum Gasteiger partial charge on any atom is -0.393 e. The normalized spacial score (nSPS) is 17.6. The van der Waals surface area contributed by atoms with Crippen LogP contribution in [0, 0.1) is 0 Å². The zero-order chi connectivity index (χ0) is 12.5. The lowest BCUT2D eigenvalue weighted by Crippen LogP contribution is -2.36. The topological polar surface area (TPSA) is 80.0 Å². The van der Waals surface area contributed by atoms with Crippen molar-refractivity contribution in [2.45, 2.75) is 32.4 Å². The van der Waals surface area contributed by atoms with E-state index in [4.69, 9.17) is 0 Å². The number of piperidine rings is 1. The fourth-order valence-corrected chi connectivity index (χ4v) is 2.30. The lowest BCUT2D eigenvalue weighted by molar-refractivity contribution is 0.145. The highest BCUT2D eigenvalue weighted by Gasteiger charge is 2.21. The van der Waals surface area contributed by atoms with E-state index in [0.29, 0.717) is 0 Å². The molecule has 1 fully saturated rings. The van der Waals surface area contributed by atoms with Crippen molar-refractivity contribution < 1.29 is 5.11 Å². The zero-order valence-corrected chi connectivity index (χ0v) is 10.3. The average Bonchev–Trinajstić information content (AvgIpc) is 2.82. The summed E-state index contributed by atoms with van der Waals surface area (Å²) in [6.45, 7) is 4.34. The highest BCUT2D eigenvalue weighted by atomic mass is 16.3. The van der Waals surface area contributed by atoms with E-state index in [1.54, 1.807) is 11.0 Å². The van der Waals surface area contributed by atoms with E-state index in [9.17, 15) is 5.11 Å². The standard InChI is InChI=1S/C11H16N6O/c1-2-17-11-9(14-15-17)10(12-7-13-11)16-5-3-8(18)4-6-16/h7-8,18H,2-6H2,1H3. The second-order valence-electron chi connectivity index (χ2n) is 4.49. The van der Waals surface area contributed by atoms with Gasteiger partial charge in [-0.1, -0.05) is 5.21 Å². The Balaban J connectivity index is 1.99. The van der Waals surface area contributed by atoms with E-state index in [0.717, 1.165) is 49.5 Å². The zero-order valence-electron chi connectivity index (χ0n) is 10.3. The molecule has 0 aliphatic carbocycles. The monoisotopic (exact) mass is 248 g/mol. The molecule has 18 heavy (non-hydrogen) atoms. The fourth-order valence-electron chi connectivity index (χ4n) is 2.30. The number of fused-ring (bicyclic) bond motifs is 1. The predicted molar refractivity (Wildman–Crippen MR) is 66.2 cm³/mol. The molecule has 3 heterocycles. The van der Waals surface area contributed by atoms with Gasteiger partial charge in [-0.3, -0.25) is 0 Å². The lowest BCUT2D eigenvalue weighted by Gasteiger charge is -2.30. The van der Waals surface area contributed by atoms with Crippen molar-refractivity contribution in [1.29, 1.82) is 0 Å². The van der Waals surface area contributed by atoms with Crippen LogP contribution in [0.4, 0.5) is 5.82 Å². The van der Waals surface area contributed by atoms with Crippen LogP contribution in [-0.4, -0.2) is 49.3 Å². The van der Waals surface area contributed by atoms with Crippen molar-refractivity contribution in [2.24, 2.45) is 0 Å². The summed E-state index contributed by atoms with van der Waals surface area (Å²) < 4.78 is 1.76. The molecule has 0 bridgehead atoms. The molecule has 0 radical (unpaired) electrons. The maximum atomic E-state index is 9.54. The largest absolute Gasteiger partial charge is 0.393 e. The number of aromatic nitrogens is 5. The van der Waals surface area contributed by atoms with Crippen molar-refractivity contribution in [3.05, 3.63) is 6.33 Å². The summed E-state index contributed by atoms with van der Waals surface area (Å²) in [6.07, 6.45) is 2.91. The van der Waals surface area contributed by atoms with Crippen LogP contribution < -0.4 is 4.90 Å². The molecule has 7 nitrogen and oxygen atoms in total. The van der Waals surface area contributed by atoms with E-state index in [1.807, 2.05) is 6.92 Å². The highest BCUT2D eigenvalue weighted by Crippen LogP contribution is 2.23. The second-order valence-corrected chi connectivity index (χ2v) is 4.49. The summed E-state index contributed by atoms with van der Waals surface area (Å²) in [6, 6.07) is 0. The Bertz CT molecular complexity index is 545. The summed E-state index contributed by atoms with van der Waals surface area (Å²) >= 11 is 0. The molecule has 0 amide bonds. The SMILES string of the molecule is CCn1nnc2c(N3CCC(O)CC3)ncnc21. The van der Waals surface area contributed by atoms with Gasteiger partial charge in [-0.25, -0.2) is 14.6 Å². The summed E-state index contributed by atoms with van der Waals surface area (Å²) in [5.41, 5.74) is 1.52. The summed E-state index contributed by atoms with van der Waals surface area (Å²) in [5, 5.41) is 17.8. The summed E-state index contributed by atoms with van der Waals surface area (Å²) in [7, 11) is 0. The fraction of sp³-hybridized carbons (Fsp3) is 0.636. The van der Waals surface area contributed by atoms with Crippen LogP contribution in [0.2, 0.25) is 0 Å². The van der Waals surface area contributed by atoms with Crippen LogP contribution in [0.25, 0.3) is 11.2 Å². The van der Waals surface area contributed by atoms with Crippen LogP contribution in [0.1, 0.15) is 19.8 Å². The molecule has 1 saturated heterocycles. The Hall–Kier alpha value is -1.76. The first kappa shape index (κ1) is 11.3. The number of anilines is 1. The number of aliphatic hydroxyl groups excluding tert-OH is 1. The minimum absolute atomic E-state index is 0.190. The van der Waals surface area contributed by atoms with Gasteiger partial charge >= 0.3 is 0 Å². The van der Waals surface area contributed by atoms with Crippen LogP contribution in [-0.2, 0) is 6.54 Å². The van der Waals surface area contributed by atoms with E-state index >= 15 is 0 Å². The van der Waals surface area contributed by atoms with Gasteiger partial charge in [0.2, 0.25) is 0 Å². The summed E-state index contributed by atoms with van der Waals surface area (Å²) in [4.78, 5) is 10.7. The predicted octanol–water partition coefficient (Wildman–Crippen LogP) is 0.202. The number of rotatable bonds is 2. The van der Waals surface area contributed by atoms with Crippen molar-refractivity contribution in [3.63, 3.8) is 0 Å². The molecule has 0 spiro atoms. The van der Waals surface area contributed by atoms with Crippen molar-refractivity contribution in [3.8, 4) is 0 Å². The Morgan fingerprint density at radius 2 is 2.11 bits per heavy atom. The highest BCUT2D eigenvalue weighted by molar-refractivity contribution is 5.82. The van der Waals surface area contributed by atoms with Crippen LogP contribution in [0.5, 0.6) is 0 Å². The van der Waals surface area contributed by atoms with Crippen LogP contribution in [0.3, 0.4) is 0 Å². The van der Waals surface area contributed by atoms with Gasteiger partial charge in [0.05, 0.1) is 6.10 Å². The van der Waals surface area contributed by atoms with Gasteiger partial charge in [-0.15, -0.1) is 5.10 Å². The molecule has 0 saturated carbocycles. The van der Waals surface area contributed by atoms with E-state index < -0.39 is 0 Å². The number of hydrogen-bond acceptors (Lipinski definition) is 6. The van der Waals surface area contributed by atoms with Gasteiger partial charge in [-0.2, -0.15) is 0 Å². The third-order valence-corrected chi connectivity index (χ3v) is 3.34. The van der Waals surface area contributed by atoms with Crippen molar-refractivity contribution in [1.82, 2.24) is 25.0 Å². The number of hydrogen-bond donors (Lipinski definition) is 1. The Morgan fingerprint density at radius 1 is 1.33 bits per heavy atom. The number of aliphatic hydroxyl groups is 1. The van der Waals surface area contributed by atoms with Crippen LogP contribution in [0.15, 0.2) is 6.33 Å². The van der Waals surface area contributed by atoms with Gasteiger partial charge in [0.15, 0.2) is 17.0 Å². The first-order valence-electron chi connectivity index (χ1n) is 6.26. The number of aryl methyl sites for hydroxylation is 1. The molecular formula is C11H16N6O. The molecule has 0 aromatic carbocycles. The van der Waals surface area contributed by atoms with Crippen LogP contribution >= 0.6 is 0 Å². The third kappa shape index (κ3) is 1.80. The molecule has 0 unspecified atom stereocenters. The smallest absolute Gasteiger partial charge is 0.183 e. The van der Waals surface area contributed by atoms with Gasteiger partial charge in [0, 0.05) is 19.6 Å². The molecule has 2 aromatic heterocycles. The van der Waals surface area contributed by atoms with E-state index in [-0.39, 0.29) is 6.10 Å². The molecule has 1 aliphatic rings. The van der Waals surface area contributed by atoms with Gasteiger partial charge in [0.1, 0.15) is 6.33 Å². The molecule has 3 rings (SSSR count). The van der Waals surface area contributed by atoms with Crippen molar-refractivity contribution in [2.75, 3.05) is 18.0 Å². The van der Waals surface area contributed by atoms with Crippen molar-refractivity contribution >= 4 is 17.0 Å². The second kappa shape index (κ2) is 4.49. The lowest BCUT2D eigenvalue weighted by atomic mass is 10.1. The number of nitrogens with zero attached hydrogens (tertiary/aromatic N) is 6. The Labute approximate surface area is 104 Å². The van der Waals surface area contributed by atoms with E-state index in [2.05, 4.69) is 25.2 Å². The summed E-state index contributed by atoms with van der Waals surface area (Å²) in [5.74, 6) is 0.826. The molecule has 1 N–H and O–H groups in total. The maximum Gasteiger partial charge on any atom is 0.183 e. The third-order valence-electron chi connectivity index (χ3n) is 3.34. The first-order chi connectivity index (χ1) is 8.79. The average molecular weight is 248 g/mol. The molecule has 0 atom stereocenters. The molecule has 7 heteroatoms. The minimum atomic E-state index is -0.190. The molecular weight excluding hydrogens is 232 g/mol. The maximum absolute atomic E-state index is 9.54. The van der Waals surface area contributed by atoms with E-state index in [1.165, 1.54) is 0 Å². The molecule has 1 aliphatic heterocycles. The molecule has 96 valence electrons. The Kier molecular flexibility index (Phi) is 2.83.